The standard InChI is InChI=1S/C12H22N2O2S.ClH/c13-10-4-5-14(7-10)12(15)9-17-8-11-3-1-2-6-16-11;/h10-11H,1-9,13H2;1H/t10-,11?;/m1./s1. The van der Waals surface area contributed by atoms with Crippen LogP contribution in [0.4, 0.5) is 0 Å². The first kappa shape index (κ1) is 16.1. The van der Waals surface area contributed by atoms with E-state index >= 15 is 0 Å². The number of carbonyl (C=O) groups excluding carboxylic acids is 1. The van der Waals surface area contributed by atoms with Crippen LogP contribution < -0.4 is 5.73 Å². The maximum absolute atomic E-state index is 11.8. The van der Waals surface area contributed by atoms with Gasteiger partial charge < -0.3 is 15.4 Å². The van der Waals surface area contributed by atoms with Gasteiger partial charge in [-0.25, -0.2) is 0 Å². The lowest BCUT2D eigenvalue weighted by Crippen LogP contribution is -2.33. The number of hydrogen-bond acceptors (Lipinski definition) is 4. The maximum atomic E-state index is 11.8. The third-order valence-electron chi connectivity index (χ3n) is 3.38. The Kier molecular flexibility index (Phi) is 7.37. The molecule has 106 valence electrons. The molecule has 0 bridgehead atoms. The van der Waals surface area contributed by atoms with Crippen molar-refractivity contribution in [2.24, 2.45) is 5.73 Å². The van der Waals surface area contributed by atoms with Crippen molar-refractivity contribution in [3.05, 3.63) is 0 Å². The number of hydrogen-bond donors (Lipinski definition) is 1. The van der Waals surface area contributed by atoms with Crippen molar-refractivity contribution in [2.75, 3.05) is 31.2 Å². The van der Waals surface area contributed by atoms with Crippen LogP contribution in [0.15, 0.2) is 0 Å². The Morgan fingerprint density at radius 3 is 2.83 bits per heavy atom. The molecule has 6 heteroatoms. The summed E-state index contributed by atoms with van der Waals surface area (Å²) in [5.74, 6) is 1.76. The number of nitrogens with two attached hydrogens (primary N) is 1. The third kappa shape index (κ3) is 4.96. The third-order valence-corrected chi connectivity index (χ3v) is 4.44. The fourth-order valence-electron chi connectivity index (χ4n) is 2.32. The first-order valence-corrected chi connectivity index (χ1v) is 7.64. The Hall–Kier alpha value is 0.0300. The maximum Gasteiger partial charge on any atom is 0.232 e. The molecular weight excluding hydrogens is 272 g/mol. The molecule has 18 heavy (non-hydrogen) atoms. The number of nitrogens with zero attached hydrogens (tertiary/aromatic N) is 1. The Morgan fingerprint density at radius 2 is 2.22 bits per heavy atom. The van der Waals surface area contributed by atoms with E-state index in [2.05, 4.69) is 0 Å². The number of likely N-dealkylation sites (tertiary alicyclic amines) is 1. The van der Waals surface area contributed by atoms with Crippen LogP contribution in [-0.4, -0.2) is 54.2 Å². The summed E-state index contributed by atoms with van der Waals surface area (Å²) in [7, 11) is 0. The monoisotopic (exact) mass is 294 g/mol. The molecule has 2 rings (SSSR count). The van der Waals surface area contributed by atoms with Crippen molar-refractivity contribution >= 4 is 30.1 Å². The number of carbonyl (C=O) groups is 1. The van der Waals surface area contributed by atoms with Gasteiger partial charge in [-0.05, 0) is 25.7 Å². The number of amides is 1. The van der Waals surface area contributed by atoms with Gasteiger partial charge in [0.15, 0.2) is 0 Å². The van der Waals surface area contributed by atoms with E-state index in [0.29, 0.717) is 11.9 Å². The molecule has 2 atom stereocenters. The molecule has 2 heterocycles. The van der Waals surface area contributed by atoms with E-state index in [4.69, 9.17) is 10.5 Å². The summed E-state index contributed by atoms with van der Waals surface area (Å²) in [6.45, 7) is 2.46. The highest BCUT2D eigenvalue weighted by Gasteiger charge is 2.23. The van der Waals surface area contributed by atoms with Gasteiger partial charge in [-0.2, -0.15) is 0 Å². The van der Waals surface area contributed by atoms with Crippen LogP contribution in [0.25, 0.3) is 0 Å². The molecule has 1 unspecified atom stereocenters. The second kappa shape index (κ2) is 8.25. The van der Waals surface area contributed by atoms with E-state index in [1.54, 1.807) is 11.8 Å². The SMILES string of the molecule is Cl.N[C@@H]1CCN(C(=O)CSCC2CCCCO2)C1. The van der Waals surface area contributed by atoms with Gasteiger partial charge in [0.25, 0.3) is 0 Å². The van der Waals surface area contributed by atoms with E-state index in [1.807, 2.05) is 4.90 Å². The molecule has 0 saturated carbocycles. The molecule has 2 aliphatic rings. The van der Waals surface area contributed by atoms with Crippen LogP contribution in [-0.2, 0) is 9.53 Å². The fourth-order valence-corrected chi connectivity index (χ4v) is 3.32. The minimum absolute atomic E-state index is 0. The molecule has 0 aliphatic carbocycles. The lowest BCUT2D eigenvalue weighted by molar-refractivity contribution is -0.127. The Balaban J connectivity index is 0.00000162. The minimum Gasteiger partial charge on any atom is -0.377 e. The molecular formula is C12H23ClN2O2S. The van der Waals surface area contributed by atoms with Crippen molar-refractivity contribution < 1.29 is 9.53 Å². The van der Waals surface area contributed by atoms with Crippen molar-refractivity contribution in [2.45, 2.75) is 37.8 Å². The summed E-state index contributed by atoms with van der Waals surface area (Å²) in [6, 6.07) is 0.186. The Morgan fingerprint density at radius 1 is 1.39 bits per heavy atom. The molecule has 0 aromatic carbocycles. The van der Waals surface area contributed by atoms with E-state index in [-0.39, 0.29) is 24.4 Å². The van der Waals surface area contributed by atoms with Crippen molar-refractivity contribution in [3.63, 3.8) is 0 Å². The predicted octanol–water partition coefficient (Wildman–Crippen LogP) is 1.27. The lowest BCUT2D eigenvalue weighted by atomic mass is 10.1. The van der Waals surface area contributed by atoms with Crippen LogP contribution in [0.3, 0.4) is 0 Å². The predicted molar refractivity (Wildman–Crippen MR) is 77.3 cm³/mol. The average Bonchev–Trinajstić information content (AvgIpc) is 2.77. The topological polar surface area (TPSA) is 55.6 Å². The molecule has 4 nitrogen and oxygen atoms in total. The smallest absolute Gasteiger partial charge is 0.232 e. The lowest BCUT2D eigenvalue weighted by Gasteiger charge is -2.22. The van der Waals surface area contributed by atoms with Crippen molar-refractivity contribution in [1.29, 1.82) is 0 Å². The molecule has 2 N–H and O–H groups in total. The molecule has 0 aromatic heterocycles. The summed E-state index contributed by atoms with van der Waals surface area (Å²) in [6.07, 6.45) is 4.91. The second-order valence-electron chi connectivity index (χ2n) is 4.89. The van der Waals surface area contributed by atoms with Crippen molar-refractivity contribution in [3.8, 4) is 0 Å². The highest BCUT2D eigenvalue weighted by Crippen LogP contribution is 2.18. The molecule has 0 aromatic rings. The molecule has 0 radical (unpaired) electrons. The van der Waals surface area contributed by atoms with Gasteiger partial charge in [-0.15, -0.1) is 24.2 Å². The number of rotatable bonds is 4. The van der Waals surface area contributed by atoms with E-state index in [1.165, 1.54) is 12.8 Å². The zero-order valence-corrected chi connectivity index (χ0v) is 12.3. The zero-order valence-electron chi connectivity index (χ0n) is 10.7. The first-order chi connectivity index (χ1) is 8.25. The number of ether oxygens (including phenoxy) is 1. The number of thioether (sulfide) groups is 1. The largest absolute Gasteiger partial charge is 0.377 e. The summed E-state index contributed by atoms with van der Waals surface area (Å²) >= 11 is 1.70. The average molecular weight is 295 g/mol. The van der Waals surface area contributed by atoms with Crippen LogP contribution >= 0.6 is 24.2 Å². The molecule has 1 amide bonds. The molecule has 2 aliphatic heterocycles. The Bertz CT molecular complexity index is 262. The van der Waals surface area contributed by atoms with Gasteiger partial charge in [0.2, 0.25) is 5.91 Å². The minimum atomic E-state index is 0. The quantitative estimate of drug-likeness (QED) is 0.848. The normalized spacial score (nSPS) is 27.9. The van der Waals surface area contributed by atoms with Crippen LogP contribution in [0, 0.1) is 0 Å². The van der Waals surface area contributed by atoms with Gasteiger partial charge in [0.1, 0.15) is 0 Å². The summed E-state index contributed by atoms with van der Waals surface area (Å²) in [5.41, 5.74) is 5.79. The van der Waals surface area contributed by atoms with E-state index < -0.39 is 0 Å². The fraction of sp³-hybridized carbons (Fsp3) is 0.917. The van der Waals surface area contributed by atoms with Crippen LogP contribution in [0.2, 0.25) is 0 Å². The van der Waals surface area contributed by atoms with Gasteiger partial charge in [-0.1, -0.05) is 0 Å². The molecule has 0 spiro atoms. The van der Waals surface area contributed by atoms with Crippen molar-refractivity contribution in [1.82, 2.24) is 4.90 Å². The van der Waals surface area contributed by atoms with Crippen LogP contribution in [0.1, 0.15) is 25.7 Å². The van der Waals surface area contributed by atoms with E-state index in [0.717, 1.165) is 38.3 Å². The van der Waals surface area contributed by atoms with Gasteiger partial charge in [-0.3, -0.25) is 4.79 Å². The molecule has 2 fully saturated rings. The molecule has 2 saturated heterocycles. The first-order valence-electron chi connectivity index (χ1n) is 6.48. The highest BCUT2D eigenvalue weighted by molar-refractivity contribution is 7.99. The van der Waals surface area contributed by atoms with Gasteiger partial charge in [0, 0.05) is 31.5 Å². The summed E-state index contributed by atoms with van der Waals surface area (Å²) in [5, 5.41) is 0. The number of halogens is 1. The summed E-state index contributed by atoms with van der Waals surface area (Å²) in [4.78, 5) is 13.7. The van der Waals surface area contributed by atoms with E-state index in [9.17, 15) is 4.79 Å². The highest BCUT2D eigenvalue weighted by atomic mass is 35.5. The Labute approximate surface area is 119 Å². The van der Waals surface area contributed by atoms with Gasteiger partial charge in [0.05, 0.1) is 11.9 Å². The summed E-state index contributed by atoms with van der Waals surface area (Å²) < 4.78 is 5.64. The van der Waals surface area contributed by atoms with Gasteiger partial charge >= 0.3 is 0 Å². The zero-order chi connectivity index (χ0) is 12.1. The second-order valence-corrected chi connectivity index (χ2v) is 5.92. The van der Waals surface area contributed by atoms with Crippen LogP contribution in [0.5, 0.6) is 0 Å².